The minimum atomic E-state index is -2.11. The first kappa shape index (κ1) is 27.3. The highest BCUT2D eigenvalue weighted by molar-refractivity contribution is 6.84. The number of rotatable bonds is 12. The zero-order valence-electron chi connectivity index (χ0n) is 22.7. The third kappa shape index (κ3) is 7.62. The fourth-order valence-electron chi connectivity index (χ4n) is 4.88. The molecular weight excluding hydrogens is 485 g/mol. The Morgan fingerprint density at radius 2 is 0.757 bits per heavy atom. The summed E-state index contributed by atoms with van der Waals surface area (Å²) in [5.41, 5.74) is 2.45. The second-order valence-corrected chi connectivity index (χ2v) is 18.9. The van der Waals surface area contributed by atoms with Crippen molar-refractivity contribution in [2.75, 3.05) is 13.2 Å². The van der Waals surface area contributed by atoms with E-state index < -0.39 is 16.6 Å². The molecule has 4 aromatic rings. The molecule has 4 heteroatoms. The van der Waals surface area contributed by atoms with Crippen LogP contribution in [0.3, 0.4) is 0 Å². The smallest absolute Gasteiger partial charge is 0.218 e. The second-order valence-electron chi connectivity index (χ2n) is 11.2. The maximum Gasteiger partial charge on any atom is 0.218 e. The minimum Gasteiger partial charge on any atom is -0.412 e. The Hall–Kier alpha value is -2.77. The molecule has 0 aliphatic carbocycles. The average molecular weight is 525 g/mol. The Labute approximate surface area is 225 Å². The Balaban J connectivity index is 1.68. The molecule has 2 nitrogen and oxygen atoms in total. The summed E-state index contributed by atoms with van der Waals surface area (Å²) < 4.78 is 13.9. The van der Waals surface area contributed by atoms with Gasteiger partial charge in [0.15, 0.2) is 0 Å². The van der Waals surface area contributed by atoms with Gasteiger partial charge in [0.1, 0.15) is 0 Å². The van der Waals surface area contributed by atoms with Gasteiger partial charge in [0.2, 0.25) is 16.6 Å². The maximum absolute atomic E-state index is 6.97. The molecule has 0 unspecified atom stereocenters. The van der Waals surface area contributed by atoms with Crippen molar-refractivity contribution < 1.29 is 8.85 Å². The van der Waals surface area contributed by atoms with Crippen molar-refractivity contribution in [1.82, 2.24) is 0 Å². The second kappa shape index (κ2) is 12.2. The summed E-state index contributed by atoms with van der Waals surface area (Å²) in [7, 11) is -4.21. The first-order valence-corrected chi connectivity index (χ1v) is 19.1. The SMILES string of the molecule is C[Si](C)(OCC(CO[Si](C)(C)c1ccccc1)(Cc1ccccc1)Cc1ccccc1)c1ccccc1. The molecule has 0 aliphatic heterocycles. The molecule has 0 radical (unpaired) electrons. The zero-order valence-corrected chi connectivity index (χ0v) is 24.7. The maximum atomic E-state index is 6.97. The van der Waals surface area contributed by atoms with E-state index in [9.17, 15) is 0 Å². The summed E-state index contributed by atoms with van der Waals surface area (Å²) in [5.74, 6) is 0. The largest absolute Gasteiger partial charge is 0.412 e. The Morgan fingerprint density at radius 1 is 0.459 bits per heavy atom. The third-order valence-electron chi connectivity index (χ3n) is 7.26. The number of hydrogen-bond acceptors (Lipinski definition) is 2. The van der Waals surface area contributed by atoms with Crippen LogP contribution < -0.4 is 10.4 Å². The van der Waals surface area contributed by atoms with Gasteiger partial charge in [-0.25, -0.2) is 0 Å². The van der Waals surface area contributed by atoms with E-state index in [1.165, 1.54) is 21.5 Å². The average Bonchev–Trinajstić information content (AvgIpc) is 2.93. The van der Waals surface area contributed by atoms with Crippen LogP contribution in [0.25, 0.3) is 0 Å². The molecule has 0 amide bonds. The first-order chi connectivity index (χ1) is 17.8. The highest BCUT2D eigenvalue weighted by atomic mass is 28.4. The van der Waals surface area contributed by atoms with Crippen LogP contribution >= 0.6 is 0 Å². The van der Waals surface area contributed by atoms with Crippen LogP contribution in [0.2, 0.25) is 26.2 Å². The van der Waals surface area contributed by atoms with E-state index in [2.05, 4.69) is 148 Å². The van der Waals surface area contributed by atoms with E-state index in [0.29, 0.717) is 13.2 Å². The third-order valence-corrected chi connectivity index (χ3v) is 12.4. The Morgan fingerprint density at radius 3 is 1.08 bits per heavy atom. The molecule has 0 saturated heterocycles. The molecule has 4 aromatic carbocycles. The monoisotopic (exact) mass is 524 g/mol. The van der Waals surface area contributed by atoms with Crippen LogP contribution in [0.4, 0.5) is 0 Å². The van der Waals surface area contributed by atoms with Crippen LogP contribution in [0, 0.1) is 5.41 Å². The van der Waals surface area contributed by atoms with E-state index in [4.69, 9.17) is 8.85 Å². The molecular formula is C33H40O2Si2. The summed E-state index contributed by atoms with van der Waals surface area (Å²) in [5, 5.41) is 2.64. The van der Waals surface area contributed by atoms with Crippen molar-refractivity contribution in [3.63, 3.8) is 0 Å². The van der Waals surface area contributed by atoms with Gasteiger partial charge in [-0.15, -0.1) is 0 Å². The predicted molar refractivity (Wildman–Crippen MR) is 162 cm³/mol. The van der Waals surface area contributed by atoms with Crippen LogP contribution in [-0.4, -0.2) is 29.8 Å². The van der Waals surface area contributed by atoms with Crippen LogP contribution in [-0.2, 0) is 21.7 Å². The van der Waals surface area contributed by atoms with Crippen LogP contribution in [0.5, 0.6) is 0 Å². The number of benzene rings is 4. The van der Waals surface area contributed by atoms with Gasteiger partial charge in [-0.1, -0.05) is 121 Å². The molecule has 192 valence electrons. The highest BCUT2D eigenvalue weighted by Crippen LogP contribution is 2.32. The van der Waals surface area contributed by atoms with Crippen LogP contribution in [0.15, 0.2) is 121 Å². The van der Waals surface area contributed by atoms with Gasteiger partial charge in [-0.3, -0.25) is 0 Å². The molecule has 0 heterocycles. The lowest BCUT2D eigenvalue weighted by atomic mass is 9.78. The van der Waals surface area contributed by atoms with E-state index in [-0.39, 0.29) is 5.41 Å². The summed E-state index contributed by atoms with van der Waals surface area (Å²) in [4.78, 5) is 0. The summed E-state index contributed by atoms with van der Waals surface area (Å²) in [6.07, 6.45) is 1.81. The van der Waals surface area contributed by atoms with Crippen molar-refractivity contribution >= 4 is 27.0 Å². The Bertz CT molecular complexity index is 1110. The molecule has 0 fully saturated rings. The van der Waals surface area contributed by atoms with Gasteiger partial charge < -0.3 is 8.85 Å². The lowest BCUT2D eigenvalue weighted by Crippen LogP contribution is -2.52. The van der Waals surface area contributed by atoms with E-state index in [1.54, 1.807) is 0 Å². The fraction of sp³-hybridized carbons (Fsp3) is 0.273. The lowest BCUT2D eigenvalue weighted by molar-refractivity contribution is 0.0728. The highest BCUT2D eigenvalue weighted by Gasteiger charge is 2.38. The molecule has 0 aromatic heterocycles. The minimum absolute atomic E-state index is 0.194. The summed E-state index contributed by atoms with van der Waals surface area (Å²) >= 11 is 0. The van der Waals surface area contributed by atoms with Gasteiger partial charge >= 0.3 is 0 Å². The Kier molecular flexibility index (Phi) is 8.98. The van der Waals surface area contributed by atoms with Crippen molar-refractivity contribution in [3.8, 4) is 0 Å². The topological polar surface area (TPSA) is 18.5 Å². The molecule has 0 aliphatic rings. The van der Waals surface area contributed by atoms with Gasteiger partial charge in [0, 0.05) is 18.6 Å². The quantitative estimate of drug-likeness (QED) is 0.192. The molecule has 37 heavy (non-hydrogen) atoms. The standard InChI is InChI=1S/C33H40O2Si2/c1-36(2,31-21-13-7-14-22-31)34-27-33(25-29-17-9-5-10-18-29,26-30-19-11-6-12-20-30)28-35-37(3,4)32-23-15-8-16-24-32/h5-24H,25-28H2,1-4H3. The van der Waals surface area contributed by atoms with Gasteiger partial charge in [0.05, 0.1) is 0 Å². The van der Waals surface area contributed by atoms with E-state index in [1.807, 2.05) is 0 Å². The van der Waals surface area contributed by atoms with E-state index >= 15 is 0 Å². The molecule has 0 saturated carbocycles. The first-order valence-electron chi connectivity index (χ1n) is 13.2. The molecule has 0 N–H and O–H groups in total. The van der Waals surface area contributed by atoms with Crippen LogP contribution in [0.1, 0.15) is 11.1 Å². The molecule has 0 atom stereocenters. The van der Waals surface area contributed by atoms with Gasteiger partial charge in [-0.2, -0.15) is 0 Å². The summed E-state index contributed by atoms with van der Waals surface area (Å²) in [6.45, 7) is 10.5. The van der Waals surface area contributed by atoms with Crippen molar-refractivity contribution in [3.05, 3.63) is 132 Å². The van der Waals surface area contributed by atoms with E-state index in [0.717, 1.165) is 12.8 Å². The fourth-order valence-corrected chi connectivity index (χ4v) is 8.54. The summed E-state index contributed by atoms with van der Waals surface area (Å²) in [6, 6.07) is 43.1. The van der Waals surface area contributed by atoms with Crippen molar-refractivity contribution in [2.45, 2.75) is 39.0 Å². The normalized spacial score (nSPS) is 12.4. The number of hydrogen-bond donors (Lipinski definition) is 0. The van der Waals surface area contributed by atoms with Crippen molar-refractivity contribution in [2.24, 2.45) is 5.41 Å². The lowest BCUT2D eigenvalue weighted by Gasteiger charge is -2.39. The van der Waals surface area contributed by atoms with Gasteiger partial charge in [-0.05, 0) is 60.5 Å². The van der Waals surface area contributed by atoms with Gasteiger partial charge in [0.25, 0.3) is 0 Å². The molecule has 0 bridgehead atoms. The zero-order chi connectivity index (χ0) is 26.2. The van der Waals surface area contributed by atoms with Crippen molar-refractivity contribution in [1.29, 1.82) is 0 Å². The molecule has 4 rings (SSSR count). The molecule has 0 spiro atoms. The predicted octanol–water partition coefficient (Wildman–Crippen LogP) is 6.72.